The smallest absolute Gasteiger partial charge is 0.410 e. The van der Waals surface area contributed by atoms with Crippen molar-refractivity contribution in [2.45, 2.75) is 32.9 Å². The molecule has 2 heterocycles. The second-order valence-electron chi connectivity index (χ2n) is 7.25. The Bertz CT molecular complexity index is 701. The van der Waals surface area contributed by atoms with Crippen LogP contribution in [-0.2, 0) is 11.3 Å². The molecule has 1 saturated heterocycles. The summed E-state index contributed by atoms with van der Waals surface area (Å²) < 4.78 is 5.44. The van der Waals surface area contributed by atoms with Gasteiger partial charge in [-0.25, -0.2) is 9.78 Å². The molecule has 25 heavy (non-hydrogen) atoms. The molecule has 0 N–H and O–H groups in total. The van der Waals surface area contributed by atoms with Gasteiger partial charge in [-0.15, -0.1) is 11.3 Å². The molecule has 5 nitrogen and oxygen atoms in total. The lowest BCUT2D eigenvalue weighted by molar-refractivity contribution is 0.0138. The summed E-state index contributed by atoms with van der Waals surface area (Å²) in [6.07, 6.45) is -0.216. The van der Waals surface area contributed by atoms with Crippen molar-refractivity contribution in [3.05, 3.63) is 41.4 Å². The molecule has 6 heteroatoms. The van der Waals surface area contributed by atoms with Crippen molar-refractivity contribution in [2.24, 2.45) is 0 Å². The second-order valence-corrected chi connectivity index (χ2v) is 8.11. The summed E-state index contributed by atoms with van der Waals surface area (Å²) in [5, 5.41) is 3.19. The molecular weight excluding hydrogens is 334 g/mol. The molecule has 134 valence electrons. The van der Waals surface area contributed by atoms with Gasteiger partial charge in [-0.05, 0) is 20.8 Å². The maximum Gasteiger partial charge on any atom is 0.410 e. The number of thiazole rings is 1. The van der Waals surface area contributed by atoms with Crippen molar-refractivity contribution < 1.29 is 9.53 Å². The molecule has 1 amide bonds. The van der Waals surface area contributed by atoms with E-state index in [-0.39, 0.29) is 6.09 Å². The van der Waals surface area contributed by atoms with Crippen LogP contribution < -0.4 is 0 Å². The monoisotopic (exact) mass is 359 g/mol. The number of hydrogen-bond acceptors (Lipinski definition) is 5. The Morgan fingerprint density at radius 3 is 2.48 bits per heavy atom. The van der Waals surface area contributed by atoms with Gasteiger partial charge in [-0.3, -0.25) is 4.90 Å². The quantitative estimate of drug-likeness (QED) is 0.835. The van der Waals surface area contributed by atoms with Gasteiger partial charge in [0, 0.05) is 43.7 Å². The van der Waals surface area contributed by atoms with Crippen LogP contribution in [0.1, 0.15) is 26.5 Å². The molecule has 1 aromatic heterocycles. The highest BCUT2D eigenvalue weighted by atomic mass is 32.1. The minimum absolute atomic E-state index is 0.216. The van der Waals surface area contributed by atoms with E-state index in [1.54, 1.807) is 16.2 Å². The fourth-order valence-electron chi connectivity index (χ4n) is 2.74. The summed E-state index contributed by atoms with van der Waals surface area (Å²) in [6.45, 7) is 9.60. The molecule has 0 bridgehead atoms. The third kappa shape index (κ3) is 5.03. The highest BCUT2D eigenvalue weighted by Gasteiger charge is 2.26. The molecule has 1 aliphatic rings. The van der Waals surface area contributed by atoms with Crippen LogP contribution in [-0.4, -0.2) is 52.7 Å². The van der Waals surface area contributed by atoms with Crippen LogP contribution in [0.3, 0.4) is 0 Å². The molecule has 0 saturated carbocycles. The summed E-state index contributed by atoms with van der Waals surface area (Å²) in [5.41, 5.74) is 1.81. The molecule has 0 unspecified atom stereocenters. The minimum atomic E-state index is -0.442. The largest absolute Gasteiger partial charge is 0.444 e. The number of amides is 1. The van der Waals surface area contributed by atoms with Crippen LogP contribution in [0.4, 0.5) is 4.79 Å². The average molecular weight is 359 g/mol. The summed E-state index contributed by atoms with van der Waals surface area (Å²) in [7, 11) is 0. The Hall–Kier alpha value is -1.92. The molecule has 0 atom stereocenters. The number of ether oxygens (including phenoxy) is 1. The van der Waals surface area contributed by atoms with Crippen LogP contribution in [0.25, 0.3) is 10.6 Å². The number of hydrogen-bond donors (Lipinski definition) is 0. The van der Waals surface area contributed by atoms with Crippen molar-refractivity contribution in [3.63, 3.8) is 0 Å². The Morgan fingerprint density at radius 2 is 1.84 bits per heavy atom. The zero-order valence-electron chi connectivity index (χ0n) is 15.1. The number of aromatic nitrogens is 1. The summed E-state index contributed by atoms with van der Waals surface area (Å²) in [6, 6.07) is 10.3. The van der Waals surface area contributed by atoms with Gasteiger partial charge < -0.3 is 9.64 Å². The van der Waals surface area contributed by atoms with E-state index in [0.717, 1.165) is 35.9 Å². The van der Waals surface area contributed by atoms with Crippen LogP contribution in [0.15, 0.2) is 35.7 Å². The number of carbonyl (C=O) groups excluding carboxylic acids is 1. The van der Waals surface area contributed by atoms with Gasteiger partial charge in [0.15, 0.2) is 0 Å². The first kappa shape index (κ1) is 17.9. The summed E-state index contributed by atoms with van der Waals surface area (Å²) in [5.74, 6) is 0. The zero-order chi connectivity index (χ0) is 17.9. The standard InChI is InChI=1S/C19H25N3O2S/c1-19(2,3)24-18(23)22-11-9-21(10-12-22)13-16-14-25-17(20-16)15-7-5-4-6-8-15/h4-8,14H,9-13H2,1-3H3. The molecule has 1 aliphatic heterocycles. The lowest BCUT2D eigenvalue weighted by Gasteiger charge is -2.35. The van der Waals surface area contributed by atoms with E-state index in [1.165, 1.54) is 0 Å². The molecule has 2 aromatic rings. The van der Waals surface area contributed by atoms with Gasteiger partial charge >= 0.3 is 6.09 Å². The predicted octanol–water partition coefficient (Wildman–Crippen LogP) is 3.86. The minimum Gasteiger partial charge on any atom is -0.444 e. The Morgan fingerprint density at radius 1 is 1.16 bits per heavy atom. The van der Waals surface area contributed by atoms with E-state index >= 15 is 0 Å². The zero-order valence-corrected chi connectivity index (χ0v) is 15.9. The lowest BCUT2D eigenvalue weighted by Crippen LogP contribution is -2.49. The molecule has 3 rings (SSSR count). The van der Waals surface area contributed by atoms with E-state index in [9.17, 15) is 4.79 Å². The second kappa shape index (κ2) is 7.54. The number of benzene rings is 1. The molecule has 1 fully saturated rings. The first-order valence-electron chi connectivity index (χ1n) is 8.61. The van der Waals surface area contributed by atoms with Gasteiger partial charge in [-0.1, -0.05) is 30.3 Å². The van der Waals surface area contributed by atoms with Gasteiger partial charge in [0.25, 0.3) is 0 Å². The van der Waals surface area contributed by atoms with Crippen LogP contribution in [0, 0.1) is 0 Å². The van der Waals surface area contributed by atoms with Gasteiger partial charge in [0.1, 0.15) is 10.6 Å². The first-order valence-corrected chi connectivity index (χ1v) is 9.49. The van der Waals surface area contributed by atoms with Gasteiger partial charge in [-0.2, -0.15) is 0 Å². The van der Waals surface area contributed by atoms with Gasteiger partial charge in [0.05, 0.1) is 5.69 Å². The number of carbonyl (C=O) groups is 1. The average Bonchev–Trinajstić information content (AvgIpc) is 3.03. The van der Waals surface area contributed by atoms with Crippen LogP contribution >= 0.6 is 11.3 Å². The van der Waals surface area contributed by atoms with E-state index in [2.05, 4.69) is 22.4 Å². The molecular formula is C19H25N3O2S. The first-order chi connectivity index (χ1) is 11.9. The Kier molecular flexibility index (Phi) is 5.39. The van der Waals surface area contributed by atoms with Crippen molar-refractivity contribution in [3.8, 4) is 10.6 Å². The van der Waals surface area contributed by atoms with Crippen molar-refractivity contribution >= 4 is 17.4 Å². The number of nitrogens with zero attached hydrogens (tertiary/aromatic N) is 3. The highest BCUT2D eigenvalue weighted by Crippen LogP contribution is 2.24. The fourth-order valence-corrected chi connectivity index (χ4v) is 3.55. The van der Waals surface area contributed by atoms with Crippen molar-refractivity contribution in [2.75, 3.05) is 26.2 Å². The van der Waals surface area contributed by atoms with E-state index in [1.807, 2.05) is 39.0 Å². The number of rotatable bonds is 3. The molecule has 0 aliphatic carbocycles. The summed E-state index contributed by atoms with van der Waals surface area (Å²) in [4.78, 5) is 21.0. The predicted molar refractivity (Wildman–Crippen MR) is 101 cm³/mol. The topological polar surface area (TPSA) is 45.7 Å². The number of piperazine rings is 1. The molecule has 1 aromatic carbocycles. The van der Waals surface area contributed by atoms with E-state index in [0.29, 0.717) is 13.1 Å². The van der Waals surface area contributed by atoms with E-state index < -0.39 is 5.60 Å². The maximum atomic E-state index is 12.1. The van der Waals surface area contributed by atoms with Crippen molar-refractivity contribution in [1.82, 2.24) is 14.8 Å². The van der Waals surface area contributed by atoms with Crippen LogP contribution in [0.5, 0.6) is 0 Å². The molecule has 0 radical (unpaired) electrons. The normalized spacial score (nSPS) is 16.0. The Balaban J connectivity index is 1.51. The third-order valence-corrected chi connectivity index (χ3v) is 4.92. The Labute approximate surface area is 153 Å². The maximum absolute atomic E-state index is 12.1. The van der Waals surface area contributed by atoms with Crippen LogP contribution in [0.2, 0.25) is 0 Å². The lowest BCUT2D eigenvalue weighted by atomic mass is 10.2. The van der Waals surface area contributed by atoms with Crippen molar-refractivity contribution in [1.29, 1.82) is 0 Å². The fraction of sp³-hybridized carbons (Fsp3) is 0.474. The van der Waals surface area contributed by atoms with Gasteiger partial charge in [0.2, 0.25) is 0 Å². The third-order valence-electron chi connectivity index (χ3n) is 3.98. The highest BCUT2D eigenvalue weighted by molar-refractivity contribution is 7.13. The van der Waals surface area contributed by atoms with E-state index in [4.69, 9.17) is 9.72 Å². The molecule has 0 spiro atoms. The summed E-state index contributed by atoms with van der Waals surface area (Å²) >= 11 is 1.68. The SMILES string of the molecule is CC(C)(C)OC(=O)N1CCN(Cc2csc(-c3ccccc3)n2)CC1.